The van der Waals surface area contributed by atoms with Crippen LogP contribution in [0.1, 0.15) is 297 Å². The SMILES string of the molecule is CCCCC/C=C\C/C=C\CCCCCCCCC(CCCCCCCC/C=C\C/C=C\CCCCC)C(CCCCCCCC/C=C\C/C=C\CCCCC)OC(=O)CCCCCN(C)C. The Balaban J connectivity index is 5.07. The topological polar surface area (TPSA) is 29.5 Å². The molecule has 3 nitrogen and oxygen atoms in total. The van der Waals surface area contributed by atoms with Crippen molar-refractivity contribution in [1.82, 2.24) is 4.90 Å². The van der Waals surface area contributed by atoms with Gasteiger partial charge in [-0.15, -0.1) is 0 Å². The van der Waals surface area contributed by atoms with E-state index in [1.54, 1.807) is 0 Å². The first kappa shape index (κ1) is 64.9. The Morgan fingerprint density at radius 3 is 1.00 bits per heavy atom. The molecule has 1 unspecified atom stereocenters. The molecule has 0 aliphatic carbocycles. The maximum absolute atomic E-state index is 13.4. The van der Waals surface area contributed by atoms with E-state index in [-0.39, 0.29) is 12.1 Å². The van der Waals surface area contributed by atoms with Crippen LogP contribution in [0.15, 0.2) is 72.9 Å². The summed E-state index contributed by atoms with van der Waals surface area (Å²) in [5.41, 5.74) is 0. The molecule has 3 heteroatoms. The number of nitrogens with zero attached hydrogens (tertiary/aromatic N) is 1. The van der Waals surface area contributed by atoms with Crippen molar-refractivity contribution in [2.45, 2.75) is 303 Å². The molecule has 0 aliphatic rings. The van der Waals surface area contributed by atoms with Crippen LogP contribution < -0.4 is 0 Å². The molecule has 0 aromatic carbocycles. The van der Waals surface area contributed by atoms with Crippen LogP contribution in [-0.2, 0) is 9.53 Å². The fourth-order valence-corrected chi connectivity index (χ4v) is 9.13. The summed E-state index contributed by atoms with van der Waals surface area (Å²) in [5.74, 6) is 0.571. The molecule has 390 valence electrons. The summed E-state index contributed by atoms with van der Waals surface area (Å²) in [6, 6.07) is 0. The van der Waals surface area contributed by atoms with Crippen molar-refractivity contribution in [3.63, 3.8) is 0 Å². The molecule has 0 heterocycles. The summed E-state index contributed by atoms with van der Waals surface area (Å²) < 4.78 is 6.54. The van der Waals surface area contributed by atoms with Gasteiger partial charge in [-0.3, -0.25) is 4.79 Å². The predicted molar refractivity (Wildman–Crippen MR) is 302 cm³/mol. The quantitative estimate of drug-likeness (QED) is 0.0346. The van der Waals surface area contributed by atoms with Gasteiger partial charge in [0.15, 0.2) is 0 Å². The third kappa shape index (κ3) is 53.1. The Hall–Kier alpha value is -2.13. The summed E-state index contributed by atoms with van der Waals surface area (Å²) in [6.45, 7) is 7.91. The van der Waals surface area contributed by atoms with Crippen molar-refractivity contribution in [3.8, 4) is 0 Å². The van der Waals surface area contributed by atoms with Crippen LogP contribution in [0.5, 0.6) is 0 Å². The molecule has 0 saturated carbocycles. The molecule has 0 amide bonds. The van der Waals surface area contributed by atoms with Crippen LogP contribution in [0.2, 0.25) is 0 Å². The van der Waals surface area contributed by atoms with E-state index < -0.39 is 0 Å². The van der Waals surface area contributed by atoms with Gasteiger partial charge in [-0.2, -0.15) is 0 Å². The minimum Gasteiger partial charge on any atom is -0.462 e. The maximum Gasteiger partial charge on any atom is 0.306 e. The van der Waals surface area contributed by atoms with E-state index in [1.807, 2.05) is 0 Å². The molecule has 0 aromatic rings. The number of allylic oxidation sites excluding steroid dienone is 12. The second-order valence-corrected chi connectivity index (χ2v) is 20.5. The van der Waals surface area contributed by atoms with Crippen LogP contribution in [-0.4, -0.2) is 37.6 Å². The summed E-state index contributed by atoms with van der Waals surface area (Å²) in [5, 5.41) is 0. The Bertz CT molecular complexity index is 1110. The van der Waals surface area contributed by atoms with Crippen LogP contribution in [0.4, 0.5) is 0 Å². The molecule has 1 atom stereocenters. The van der Waals surface area contributed by atoms with Gasteiger partial charge in [0.05, 0.1) is 0 Å². The minimum atomic E-state index is 0.0639. The van der Waals surface area contributed by atoms with Crippen molar-refractivity contribution in [2.24, 2.45) is 5.92 Å². The van der Waals surface area contributed by atoms with Gasteiger partial charge in [0, 0.05) is 6.42 Å². The second-order valence-electron chi connectivity index (χ2n) is 20.5. The van der Waals surface area contributed by atoms with Crippen molar-refractivity contribution >= 4 is 5.97 Å². The van der Waals surface area contributed by atoms with E-state index >= 15 is 0 Å². The zero-order valence-electron chi connectivity index (χ0n) is 46.0. The number of carbonyl (C=O) groups excluding carboxylic acids is 1. The Morgan fingerprint density at radius 1 is 0.358 bits per heavy atom. The molecular formula is C64H117NO2. The highest BCUT2D eigenvalue weighted by atomic mass is 16.5. The molecule has 0 saturated heterocycles. The van der Waals surface area contributed by atoms with Crippen molar-refractivity contribution in [1.29, 1.82) is 0 Å². The number of unbranched alkanes of at least 4 members (excludes halogenated alkanes) is 29. The highest BCUT2D eigenvalue weighted by Crippen LogP contribution is 2.28. The molecule has 0 radical (unpaired) electrons. The van der Waals surface area contributed by atoms with Crippen molar-refractivity contribution in [3.05, 3.63) is 72.9 Å². The molecule has 0 fully saturated rings. The van der Waals surface area contributed by atoms with Gasteiger partial charge in [-0.25, -0.2) is 0 Å². The monoisotopic (exact) mass is 932 g/mol. The lowest BCUT2D eigenvalue weighted by molar-refractivity contribution is -0.153. The molecule has 0 aromatic heterocycles. The average Bonchev–Trinajstić information content (AvgIpc) is 3.32. The lowest BCUT2D eigenvalue weighted by Gasteiger charge is -2.28. The Kier molecular flexibility index (Phi) is 54.7. The zero-order valence-corrected chi connectivity index (χ0v) is 46.0. The number of ether oxygens (including phenoxy) is 1. The fraction of sp³-hybridized carbons (Fsp3) is 0.797. The molecule has 0 bridgehead atoms. The van der Waals surface area contributed by atoms with Crippen LogP contribution >= 0.6 is 0 Å². The fourth-order valence-electron chi connectivity index (χ4n) is 9.13. The van der Waals surface area contributed by atoms with Gasteiger partial charge < -0.3 is 9.64 Å². The van der Waals surface area contributed by atoms with Gasteiger partial charge in [0.25, 0.3) is 0 Å². The third-order valence-corrected chi connectivity index (χ3v) is 13.5. The smallest absolute Gasteiger partial charge is 0.306 e. The van der Waals surface area contributed by atoms with Crippen molar-refractivity contribution in [2.75, 3.05) is 20.6 Å². The highest BCUT2D eigenvalue weighted by molar-refractivity contribution is 5.69. The van der Waals surface area contributed by atoms with E-state index in [0.717, 1.165) is 51.5 Å². The molecule has 67 heavy (non-hydrogen) atoms. The third-order valence-electron chi connectivity index (χ3n) is 13.5. The van der Waals surface area contributed by atoms with Gasteiger partial charge in [0.1, 0.15) is 6.10 Å². The van der Waals surface area contributed by atoms with E-state index in [0.29, 0.717) is 12.3 Å². The summed E-state index contributed by atoms with van der Waals surface area (Å²) in [6.07, 6.45) is 81.9. The number of hydrogen-bond donors (Lipinski definition) is 0. The second kappa shape index (κ2) is 56.5. The average molecular weight is 933 g/mol. The summed E-state index contributed by atoms with van der Waals surface area (Å²) in [7, 11) is 4.27. The number of esters is 1. The Morgan fingerprint density at radius 2 is 0.657 bits per heavy atom. The summed E-state index contributed by atoms with van der Waals surface area (Å²) in [4.78, 5) is 15.7. The first-order chi connectivity index (χ1) is 33.0. The molecule has 0 spiro atoms. The van der Waals surface area contributed by atoms with Gasteiger partial charge >= 0.3 is 5.97 Å². The summed E-state index contributed by atoms with van der Waals surface area (Å²) >= 11 is 0. The highest BCUT2D eigenvalue weighted by Gasteiger charge is 2.24. The number of rotatable bonds is 53. The lowest BCUT2D eigenvalue weighted by Crippen LogP contribution is -2.27. The Labute approximate surface area is 421 Å². The number of hydrogen-bond acceptors (Lipinski definition) is 3. The molecular weight excluding hydrogens is 815 g/mol. The largest absolute Gasteiger partial charge is 0.462 e. The minimum absolute atomic E-state index is 0.0639. The molecule has 0 aliphatic heterocycles. The van der Waals surface area contributed by atoms with Gasteiger partial charge in [0.2, 0.25) is 0 Å². The lowest BCUT2D eigenvalue weighted by atomic mass is 9.87. The predicted octanol–water partition coefficient (Wildman–Crippen LogP) is 21.2. The van der Waals surface area contributed by atoms with Crippen molar-refractivity contribution < 1.29 is 9.53 Å². The first-order valence-electron chi connectivity index (χ1n) is 29.8. The normalized spacial score (nSPS) is 13.0. The van der Waals surface area contributed by atoms with Gasteiger partial charge in [-0.05, 0) is 161 Å². The molecule has 0 rings (SSSR count). The van der Waals surface area contributed by atoms with Gasteiger partial charge in [-0.1, -0.05) is 229 Å². The molecule has 0 N–H and O–H groups in total. The van der Waals surface area contributed by atoms with Crippen LogP contribution in [0.25, 0.3) is 0 Å². The van der Waals surface area contributed by atoms with E-state index in [9.17, 15) is 4.79 Å². The first-order valence-corrected chi connectivity index (χ1v) is 29.8. The van der Waals surface area contributed by atoms with E-state index in [2.05, 4.69) is 113 Å². The van der Waals surface area contributed by atoms with Crippen LogP contribution in [0, 0.1) is 5.92 Å². The number of carbonyl (C=O) groups is 1. The van der Waals surface area contributed by atoms with E-state index in [4.69, 9.17) is 4.74 Å². The van der Waals surface area contributed by atoms with E-state index in [1.165, 1.54) is 225 Å². The zero-order chi connectivity index (χ0) is 48.6. The standard InChI is InChI=1S/C64H117NO2/c1-6-9-12-15-18-21-24-27-30-33-36-39-42-45-48-52-57-62(58-53-49-46-43-40-37-34-31-28-25-22-19-16-13-10-7-2)63(67-64(66)60-55-51-56-61-65(4)5)59-54-50-47-44-41-38-35-32-29-26-23-20-17-14-11-8-3/h18-23,27-32,62-63H,6-17,24-26,33-61H2,1-5H3/b21-18-,22-19-,23-20-,30-27-,31-28-,32-29-. The maximum atomic E-state index is 13.4. The van der Waals surface area contributed by atoms with Crippen LogP contribution in [0.3, 0.4) is 0 Å².